The molecule has 0 aromatic heterocycles. The van der Waals surface area contributed by atoms with E-state index in [0.29, 0.717) is 19.3 Å². The van der Waals surface area contributed by atoms with Gasteiger partial charge in [0.15, 0.2) is 0 Å². The van der Waals surface area contributed by atoms with Crippen molar-refractivity contribution in [3.05, 3.63) is 48.6 Å². The number of hydrogen-bond donors (Lipinski definition) is 0. The van der Waals surface area contributed by atoms with E-state index in [1.54, 1.807) is 0 Å². The molecular formula is C42H75NO4. The Hall–Kier alpha value is -2.14. The number of hydrogen-bond acceptors (Lipinski definition) is 5. The smallest absolute Gasteiger partial charge is 0.306 e. The lowest BCUT2D eigenvalue weighted by Crippen LogP contribution is -2.29. The molecule has 0 aliphatic carbocycles. The molecular weight excluding hydrogens is 582 g/mol. The van der Waals surface area contributed by atoms with Gasteiger partial charge in [-0.15, -0.1) is 0 Å². The van der Waals surface area contributed by atoms with Crippen molar-refractivity contribution in [2.75, 3.05) is 27.2 Å². The van der Waals surface area contributed by atoms with E-state index in [1.165, 1.54) is 83.5 Å². The third-order valence-corrected chi connectivity index (χ3v) is 8.24. The van der Waals surface area contributed by atoms with Crippen LogP contribution in [0.25, 0.3) is 0 Å². The molecule has 0 heterocycles. The van der Waals surface area contributed by atoms with Gasteiger partial charge in [-0.3, -0.25) is 9.59 Å². The molecule has 0 aromatic rings. The number of carbonyl (C=O) groups excluding carboxylic acids is 2. The Labute approximate surface area is 291 Å². The minimum absolute atomic E-state index is 0.150. The lowest BCUT2D eigenvalue weighted by atomic mass is 10.1. The lowest BCUT2D eigenvalue weighted by molar-refractivity contribution is -0.159. The average molecular weight is 658 g/mol. The Bertz CT molecular complexity index is 813. The van der Waals surface area contributed by atoms with E-state index in [4.69, 9.17) is 9.47 Å². The molecule has 0 bridgehead atoms. The molecule has 47 heavy (non-hydrogen) atoms. The number of ether oxygens (including phenoxy) is 2. The van der Waals surface area contributed by atoms with Crippen molar-refractivity contribution in [2.45, 2.75) is 180 Å². The normalized spacial score (nSPS) is 12.8. The van der Waals surface area contributed by atoms with Crippen LogP contribution in [0.15, 0.2) is 48.6 Å². The third kappa shape index (κ3) is 36.5. The zero-order valence-corrected chi connectivity index (χ0v) is 31.4. The van der Waals surface area contributed by atoms with Gasteiger partial charge in [0.2, 0.25) is 0 Å². The highest BCUT2D eigenvalue weighted by Gasteiger charge is 2.17. The zero-order valence-electron chi connectivity index (χ0n) is 31.4. The Morgan fingerprint density at radius 1 is 0.532 bits per heavy atom. The second kappa shape index (κ2) is 36.7. The largest absolute Gasteiger partial charge is 0.462 e. The van der Waals surface area contributed by atoms with Gasteiger partial charge in [-0.05, 0) is 123 Å². The number of nitrogens with zero attached hydrogens (tertiary/aromatic N) is 1. The summed E-state index contributed by atoms with van der Waals surface area (Å²) >= 11 is 0. The molecule has 0 rings (SSSR count). The number of carbonyl (C=O) groups is 2. The lowest BCUT2D eigenvalue weighted by Gasteiger charge is -2.20. The second-order valence-electron chi connectivity index (χ2n) is 13.3. The highest BCUT2D eigenvalue weighted by atomic mass is 16.6. The van der Waals surface area contributed by atoms with Crippen molar-refractivity contribution < 1.29 is 19.1 Å². The SMILES string of the molecule is CC/C=C\CCCC/C=C\CCCCCCCC(=O)OC[C@H](CCN(C)C)OC(=O)CCCC/C=C\CCCC/C=C\CCCCC. The summed E-state index contributed by atoms with van der Waals surface area (Å²) < 4.78 is 11.3. The van der Waals surface area contributed by atoms with E-state index < -0.39 is 0 Å². The third-order valence-electron chi connectivity index (χ3n) is 8.24. The molecule has 5 heteroatoms. The highest BCUT2D eigenvalue weighted by molar-refractivity contribution is 5.70. The molecule has 0 radical (unpaired) electrons. The van der Waals surface area contributed by atoms with E-state index in [2.05, 4.69) is 67.4 Å². The number of allylic oxidation sites excluding steroid dienone is 8. The van der Waals surface area contributed by atoms with Crippen LogP contribution in [-0.2, 0) is 19.1 Å². The summed E-state index contributed by atoms with van der Waals surface area (Å²) in [6, 6.07) is 0. The Balaban J connectivity index is 3.92. The second-order valence-corrected chi connectivity index (χ2v) is 13.3. The van der Waals surface area contributed by atoms with E-state index in [1.807, 2.05) is 14.1 Å². The van der Waals surface area contributed by atoms with Crippen LogP contribution in [0.2, 0.25) is 0 Å². The predicted octanol–water partition coefficient (Wildman–Crippen LogP) is 12.0. The van der Waals surface area contributed by atoms with Crippen LogP contribution in [0.4, 0.5) is 0 Å². The molecule has 0 fully saturated rings. The maximum Gasteiger partial charge on any atom is 0.306 e. The summed E-state index contributed by atoms with van der Waals surface area (Å²) in [4.78, 5) is 26.9. The van der Waals surface area contributed by atoms with E-state index in [0.717, 1.165) is 64.3 Å². The van der Waals surface area contributed by atoms with Crippen LogP contribution in [0.5, 0.6) is 0 Å². The minimum atomic E-state index is -0.383. The van der Waals surface area contributed by atoms with Crippen LogP contribution < -0.4 is 0 Å². The van der Waals surface area contributed by atoms with E-state index in [-0.39, 0.29) is 24.6 Å². The summed E-state index contributed by atoms with van der Waals surface area (Å²) in [6.45, 7) is 5.36. The van der Waals surface area contributed by atoms with Crippen LogP contribution in [0.3, 0.4) is 0 Å². The average Bonchev–Trinajstić information content (AvgIpc) is 3.05. The van der Waals surface area contributed by atoms with Gasteiger partial charge in [0.05, 0.1) is 0 Å². The fraction of sp³-hybridized carbons (Fsp3) is 0.762. The van der Waals surface area contributed by atoms with Crippen molar-refractivity contribution >= 4 is 11.9 Å². The maximum atomic E-state index is 12.5. The minimum Gasteiger partial charge on any atom is -0.462 e. The first-order valence-electron chi connectivity index (χ1n) is 19.6. The molecule has 0 saturated carbocycles. The molecule has 1 atom stereocenters. The van der Waals surface area contributed by atoms with Crippen LogP contribution in [-0.4, -0.2) is 50.2 Å². The Kier molecular flexibility index (Phi) is 35.0. The van der Waals surface area contributed by atoms with Crippen LogP contribution >= 0.6 is 0 Å². The summed E-state index contributed by atoms with van der Waals surface area (Å²) in [6.07, 6.45) is 45.0. The summed E-state index contributed by atoms with van der Waals surface area (Å²) in [5.74, 6) is -0.374. The molecule has 0 aliphatic rings. The number of unbranched alkanes of at least 4 members (excludes halogenated alkanes) is 16. The quantitative estimate of drug-likeness (QED) is 0.0391. The zero-order chi connectivity index (χ0) is 34.5. The van der Waals surface area contributed by atoms with E-state index >= 15 is 0 Å². The first-order chi connectivity index (χ1) is 23.0. The van der Waals surface area contributed by atoms with Crippen molar-refractivity contribution in [2.24, 2.45) is 0 Å². The number of rotatable bonds is 34. The van der Waals surface area contributed by atoms with Crippen molar-refractivity contribution in [3.8, 4) is 0 Å². The van der Waals surface area contributed by atoms with Crippen molar-refractivity contribution in [1.29, 1.82) is 0 Å². The van der Waals surface area contributed by atoms with Crippen LogP contribution in [0.1, 0.15) is 174 Å². The van der Waals surface area contributed by atoms with Gasteiger partial charge in [-0.25, -0.2) is 0 Å². The topological polar surface area (TPSA) is 55.8 Å². The summed E-state index contributed by atoms with van der Waals surface area (Å²) in [5.41, 5.74) is 0. The summed E-state index contributed by atoms with van der Waals surface area (Å²) in [5, 5.41) is 0. The van der Waals surface area contributed by atoms with Gasteiger partial charge in [0.1, 0.15) is 12.7 Å². The van der Waals surface area contributed by atoms with Crippen molar-refractivity contribution in [1.82, 2.24) is 4.90 Å². The van der Waals surface area contributed by atoms with Gasteiger partial charge in [0, 0.05) is 25.8 Å². The molecule has 0 spiro atoms. The van der Waals surface area contributed by atoms with Crippen LogP contribution in [0, 0.1) is 0 Å². The molecule has 0 N–H and O–H groups in total. The maximum absolute atomic E-state index is 12.5. The monoisotopic (exact) mass is 658 g/mol. The molecule has 5 nitrogen and oxygen atoms in total. The molecule has 0 amide bonds. The van der Waals surface area contributed by atoms with Gasteiger partial charge < -0.3 is 14.4 Å². The molecule has 0 unspecified atom stereocenters. The fourth-order valence-corrected chi connectivity index (χ4v) is 5.23. The van der Waals surface area contributed by atoms with E-state index in [9.17, 15) is 9.59 Å². The Morgan fingerprint density at radius 2 is 0.936 bits per heavy atom. The Morgan fingerprint density at radius 3 is 1.45 bits per heavy atom. The van der Waals surface area contributed by atoms with Gasteiger partial charge in [-0.1, -0.05) is 94.6 Å². The van der Waals surface area contributed by atoms with Gasteiger partial charge in [0.25, 0.3) is 0 Å². The first kappa shape index (κ1) is 44.9. The molecule has 0 saturated heterocycles. The fourth-order valence-electron chi connectivity index (χ4n) is 5.23. The number of esters is 2. The summed E-state index contributed by atoms with van der Waals surface area (Å²) in [7, 11) is 3.99. The van der Waals surface area contributed by atoms with Gasteiger partial charge in [-0.2, -0.15) is 0 Å². The predicted molar refractivity (Wildman–Crippen MR) is 203 cm³/mol. The van der Waals surface area contributed by atoms with Gasteiger partial charge >= 0.3 is 11.9 Å². The molecule has 0 aliphatic heterocycles. The highest BCUT2D eigenvalue weighted by Crippen LogP contribution is 2.12. The van der Waals surface area contributed by atoms with Crippen molar-refractivity contribution in [3.63, 3.8) is 0 Å². The molecule has 272 valence electrons. The molecule has 0 aromatic carbocycles. The standard InChI is InChI=1S/C42H75NO4/c1-5-7-9-11-13-15-17-19-21-23-25-27-29-31-33-35-41(44)46-39-40(37-38-43(3)4)47-42(45)36-34-32-30-28-26-24-22-20-18-16-14-12-10-8-6-2/h7,9,14,16,19,21,26,28,40H,5-6,8,10-13,15,17-18,20,22-25,27,29-39H2,1-4H3/b9-7-,16-14-,21-19-,28-26-/t40-/m0/s1. The first-order valence-corrected chi connectivity index (χ1v) is 19.6.